The summed E-state index contributed by atoms with van der Waals surface area (Å²) in [5, 5.41) is 9.69. The fourth-order valence-electron chi connectivity index (χ4n) is 9.69. The Bertz CT molecular complexity index is 3130. The average molecular weight is 796 g/mol. The van der Waals surface area contributed by atoms with Crippen LogP contribution < -0.4 is 0 Å². The van der Waals surface area contributed by atoms with Crippen molar-refractivity contribution in [2.45, 2.75) is 37.5 Å². The average Bonchev–Trinajstić information content (AvgIpc) is 3.61. The molecule has 0 aliphatic heterocycles. The first-order valence-electron chi connectivity index (χ1n) is 21.5. The summed E-state index contributed by atoms with van der Waals surface area (Å²) in [6, 6.07) is 64.3. The molecular weight excluding hydrogens is 755 g/mol. The molecule has 11 rings (SSSR count). The largest absolute Gasteiger partial charge is 0.264 e. The lowest BCUT2D eigenvalue weighted by molar-refractivity contribution is 0.353. The molecule has 2 aromatic heterocycles. The Morgan fingerprint density at radius 1 is 0.387 bits per heavy atom. The lowest BCUT2D eigenvalue weighted by Gasteiger charge is -2.36. The number of fused-ring (bicyclic) bond motifs is 5. The van der Waals surface area contributed by atoms with Gasteiger partial charge < -0.3 is 0 Å². The Labute approximate surface area is 362 Å². The first kappa shape index (κ1) is 37.2. The van der Waals surface area contributed by atoms with Gasteiger partial charge >= 0.3 is 0 Å². The van der Waals surface area contributed by atoms with Crippen molar-refractivity contribution in [1.29, 1.82) is 5.26 Å². The molecule has 5 nitrogen and oxygen atoms in total. The van der Waals surface area contributed by atoms with Crippen LogP contribution in [-0.2, 0) is 5.41 Å². The molecule has 5 heteroatoms. The minimum Gasteiger partial charge on any atom is -0.264 e. The van der Waals surface area contributed by atoms with Gasteiger partial charge in [0.1, 0.15) is 0 Å². The van der Waals surface area contributed by atoms with Crippen LogP contribution in [0.3, 0.4) is 0 Å². The van der Waals surface area contributed by atoms with Crippen molar-refractivity contribution in [3.05, 3.63) is 205 Å². The number of nitriles is 1. The summed E-state index contributed by atoms with van der Waals surface area (Å²) < 4.78 is 0. The number of aromatic nitrogens is 4. The fraction of sp³-hybridized carbons (Fsp3) is 0.105. The van der Waals surface area contributed by atoms with Gasteiger partial charge in [0.15, 0.2) is 17.5 Å². The van der Waals surface area contributed by atoms with Gasteiger partial charge in [-0.3, -0.25) is 4.98 Å². The van der Waals surface area contributed by atoms with Crippen molar-refractivity contribution >= 4 is 0 Å². The Kier molecular flexibility index (Phi) is 9.40. The molecule has 0 bridgehead atoms. The Balaban J connectivity index is 0.865. The molecule has 1 spiro atoms. The molecule has 62 heavy (non-hydrogen) atoms. The van der Waals surface area contributed by atoms with Crippen molar-refractivity contribution in [1.82, 2.24) is 19.9 Å². The van der Waals surface area contributed by atoms with Crippen molar-refractivity contribution in [2.24, 2.45) is 0 Å². The predicted molar refractivity (Wildman–Crippen MR) is 250 cm³/mol. The van der Waals surface area contributed by atoms with Crippen molar-refractivity contribution in [3.63, 3.8) is 0 Å². The highest BCUT2D eigenvalue weighted by atomic mass is 15.0. The first-order valence-corrected chi connectivity index (χ1v) is 21.5. The van der Waals surface area contributed by atoms with E-state index in [9.17, 15) is 5.26 Å². The molecule has 9 aromatic rings. The minimum absolute atomic E-state index is 0.0408. The molecule has 1 fully saturated rings. The van der Waals surface area contributed by atoms with E-state index in [4.69, 9.17) is 15.0 Å². The maximum absolute atomic E-state index is 9.69. The number of pyridine rings is 1. The van der Waals surface area contributed by atoms with Gasteiger partial charge in [-0.05, 0) is 110 Å². The van der Waals surface area contributed by atoms with E-state index >= 15 is 0 Å². The normalized spacial score (nSPS) is 13.6. The number of hydrogen-bond donors (Lipinski definition) is 0. The van der Waals surface area contributed by atoms with Crippen molar-refractivity contribution < 1.29 is 0 Å². The van der Waals surface area contributed by atoms with Crippen molar-refractivity contribution in [3.8, 4) is 95.9 Å². The molecular formula is C57H41N5. The Hall–Kier alpha value is -7.81. The highest BCUT2D eigenvalue weighted by Crippen LogP contribution is 2.56. The molecule has 0 radical (unpaired) electrons. The summed E-state index contributed by atoms with van der Waals surface area (Å²) in [6.07, 6.45) is 9.75. The zero-order chi connectivity index (χ0) is 41.5. The highest BCUT2D eigenvalue weighted by molar-refractivity contribution is 5.85. The SMILES string of the molecule is N#Cc1ccc2c(c1)-c1ccc(-c3ccc(-c4cccc(-c5ccc(-c6nc(-c7ccccc7)nc(-c7ccc(-c8cccnc8)cc7)n6)cc5)c4)cc3)cc1C21CCCCC1. The number of benzene rings is 7. The number of hydrogen-bond acceptors (Lipinski definition) is 5. The molecule has 2 aliphatic rings. The summed E-state index contributed by atoms with van der Waals surface area (Å²) in [4.78, 5) is 19.2. The minimum atomic E-state index is 0.0408. The molecule has 0 unspecified atom stereocenters. The predicted octanol–water partition coefficient (Wildman–Crippen LogP) is 14.0. The van der Waals surface area contributed by atoms with Gasteiger partial charge in [0, 0.05) is 34.5 Å². The molecule has 0 amide bonds. The van der Waals surface area contributed by atoms with Crippen molar-refractivity contribution in [2.75, 3.05) is 0 Å². The van der Waals surface area contributed by atoms with Gasteiger partial charge in [-0.1, -0.05) is 165 Å². The van der Waals surface area contributed by atoms with E-state index in [1.165, 1.54) is 63.8 Å². The van der Waals surface area contributed by atoms with Crippen LogP contribution in [0.1, 0.15) is 48.8 Å². The Morgan fingerprint density at radius 2 is 0.887 bits per heavy atom. The van der Waals surface area contributed by atoms with Crippen LogP contribution in [-0.4, -0.2) is 19.9 Å². The summed E-state index contributed by atoms with van der Waals surface area (Å²) in [7, 11) is 0. The van der Waals surface area contributed by atoms with E-state index in [1.807, 2.05) is 48.7 Å². The monoisotopic (exact) mass is 795 g/mol. The summed E-state index contributed by atoms with van der Waals surface area (Å²) >= 11 is 0. The van der Waals surface area contributed by atoms with E-state index in [0.29, 0.717) is 17.5 Å². The van der Waals surface area contributed by atoms with Gasteiger partial charge in [-0.25, -0.2) is 15.0 Å². The lowest BCUT2D eigenvalue weighted by Crippen LogP contribution is -2.28. The van der Waals surface area contributed by atoms with E-state index in [-0.39, 0.29) is 5.41 Å². The van der Waals surface area contributed by atoms with E-state index in [0.717, 1.165) is 57.3 Å². The van der Waals surface area contributed by atoms with Gasteiger partial charge in [-0.2, -0.15) is 5.26 Å². The second-order valence-corrected chi connectivity index (χ2v) is 16.5. The number of nitrogens with zero attached hydrogens (tertiary/aromatic N) is 5. The quantitative estimate of drug-likeness (QED) is 0.161. The van der Waals surface area contributed by atoms with Gasteiger partial charge in [0.25, 0.3) is 0 Å². The summed E-state index contributed by atoms with van der Waals surface area (Å²) in [6.45, 7) is 0. The highest BCUT2D eigenvalue weighted by Gasteiger charge is 2.43. The van der Waals surface area contributed by atoms with Crippen LogP contribution in [0, 0.1) is 11.3 Å². The fourth-order valence-corrected chi connectivity index (χ4v) is 9.69. The van der Waals surface area contributed by atoms with Crippen LogP contribution in [0.15, 0.2) is 188 Å². The van der Waals surface area contributed by atoms with Crippen LogP contribution >= 0.6 is 0 Å². The number of rotatable bonds is 7. The van der Waals surface area contributed by atoms with Crippen LogP contribution in [0.2, 0.25) is 0 Å². The zero-order valence-electron chi connectivity index (χ0n) is 34.2. The standard InChI is InChI=1S/C57H41N5/c58-36-38-14-29-52-51(33-38)50-28-27-48(35-53(50)57(52)30-5-2-6-31-57)41-17-15-39(16-18-41)46-11-7-12-47(34-46)40-19-23-44(24-20-40)55-60-54(43-9-3-1-4-10-43)61-56(62-55)45-25-21-42(22-26-45)49-13-8-32-59-37-49/h1,3-4,7-29,32-35,37H,2,5-6,30-31H2. The van der Waals surface area contributed by atoms with Gasteiger partial charge in [0.05, 0.1) is 11.6 Å². The Morgan fingerprint density at radius 3 is 1.45 bits per heavy atom. The lowest BCUT2D eigenvalue weighted by atomic mass is 9.67. The molecule has 1 saturated carbocycles. The first-order chi connectivity index (χ1) is 30.6. The topological polar surface area (TPSA) is 75.3 Å². The zero-order valence-corrected chi connectivity index (χ0v) is 34.2. The summed E-state index contributed by atoms with van der Waals surface area (Å²) in [5.41, 5.74) is 18.1. The maximum atomic E-state index is 9.69. The molecule has 0 N–H and O–H groups in total. The maximum Gasteiger partial charge on any atom is 0.164 e. The molecule has 294 valence electrons. The van der Waals surface area contributed by atoms with Crippen LogP contribution in [0.4, 0.5) is 0 Å². The molecule has 2 aliphatic carbocycles. The smallest absolute Gasteiger partial charge is 0.164 e. The molecule has 0 atom stereocenters. The third-order valence-electron chi connectivity index (χ3n) is 12.9. The summed E-state index contributed by atoms with van der Waals surface area (Å²) in [5.74, 6) is 1.88. The van der Waals surface area contributed by atoms with Crippen LogP contribution in [0.25, 0.3) is 89.8 Å². The third kappa shape index (κ3) is 6.76. The van der Waals surface area contributed by atoms with Gasteiger partial charge in [-0.15, -0.1) is 0 Å². The molecule has 2 heterocycles. The molecule has 0 saturated heterocycles. The van der Waals surface area contributed by atoms with Crippen LogP contribution in [0.5, 0.6) is 0 Å². The third-order valence-corrected chi connectivity index (χ3v) is 12.9. The van der Waals surface area contributed by atoms with Gasteiger partial charge in [0.2, 0.25) is 0 Å². The van der Waals surface area contributed by atoms with E-state index in [2.05, 4.69) is 145 Å². The second-order valence-electron chi connectivity index (χ2n) is 16.5. The van der Waals surface area contributed by atoms with E-state index < -0.39 is 0 Å². The van der Waals surface area contributed by atoms with E-state index in [1.54, 1.807) is 6.20 Å². The second kappa shape index (κ2) is 15.7. The molecule has 7 aromatic carbocycles.